The molecule has 2 saturated heterocycles. The van der Waals surface area contributed by atoms with Gasteiger partial charge in [-0.1, -0.05) is 11.3 Å². The molecule has 0 saturated carbocycles. The van der Waals surface area contributed by atoms with Crippen molar-refractivity contribution in [2.45, 2.75) is 19.4 Å². The van der Waals surface area contributed by atoms with Gasteiger partial charge in [0.05, 0.1) is 17.2 Å². The third kappa shape index (κ3) is 3.43. The maximum atomic E-state index is 12.9. The van der Waals surface area contributed by atoms with Crippen molar-refractivity contribution in [1.29, 1.82) is 0 Å². The molecule has 2 fully saturated rings. The molecule has 7 nitrogen and oxygen atoms in total. The summed E-state index contributed by atoms with van der Waals surface area (Å²) in [6.45, 7) is 4.59. The Kier molecular flexibility index (Phi) is 4.62. The average Bonchev–Trinajstić information content (AvgIpc) is 3.34. The highest BCUT2D eigenvalue weighted by Crippen LogP contribution is 2.25. The van der Waals surface area contributed by atoms with E-state index in [0.717, 1.165) is 23.9 Å². The van der Waals surface area contributed by atoms with Crippen LogP contribution in [0, 0.1) is 6.92 Å². The molecule has 0 aromatic carbocycles. The van der Waals surface area contributed by atoms with Crippen LogP contribution in [-0.2, 0) is 9.84 Å². The summed E-state index contributed by atoms with van der Waals surface area (Å²) in [5.41, 5.74) is 0.757. The fourth-order valence-electron chi connectivity index (χ4n) is 3.65. The van der Waals surface area contributed by atoms with Crippen molar-refractivity contribution >= 4 is 27.1 Å². The first-order chi connectivity index (χ1) is 12.4. The molecule has 2 aliphatic rings. The van der Waals surface area contributed by atoms with E-state index in [-0.39, 0.29) is 17.7 Å². The van der Waals surface area contributed by atoms with Crippen molar-refractivity contribution in [2.75, 3.05) is 37.7 Å². The summed E-state index contributed by atoms with van der Waals surface area (Å²) in [6.07, 6.45) is 4.55. The molecule has 2 aliphatic heterocycles. The Morgan fingerprint density at radius 1 is 1.19 bits per heavy atom. The fourth-order valence-corrected chi connectivity index (χ4v) is 6.41. The van der Waals surface area contributed by atoms with Gasteiger partial charge in [0.2, 0.25) is 0 Å². The minimum absolute atomic E-state index is 0.0251. The molecule has 1 unspecified atom stereocenters. The molecule has 9 heteroatoms. The summed E-state index contributed by atoms with van der Waals surface area (Å²) in [4.78, 5) is 22.2. The number of aryl methyl sites for hydroxylation is 1. The molecular weight excluding hydrogens is 372 g/mol. The third-order valence-electron chi connectivity index (χ3n) is 5.13. The quantitative estimate of drug-likeness (QED) is 0.782. The SMILES string of the molecule is Cc1nc(-n2cccc2)sc1C(=O)N1CCN(C2CCS(=O)(=O)C2)CC1. The van der Waals surface area contributed by atoms with E-state index in [1.54, 1.807) is 0 Å². The maximum Gasteiger partial charge on any atom is 0.266 e. The lowest BCUT2D eigenvalue weighted by Crippen LogP contribution is -2.52. The molecule has 1 atom stereocenters. The van der Waals surface area contributed by atoms with Crippen molar-refractivity contribution in [1.82, 2.24) is 19.4 Å². The first-order valence-electron chi connectivity index (χ1n) is 8.77. The van der Waals surface area contributed by atoms with E-state index < -0.39 is 9.84 Å². The summed E-state index contributed by atoms with van der Waals surface area (Å²) in [5.74, 6) is 0.575. The Hall–Kier alpha value is -1.71. The molecule has 1 amide bonds. The molecule has 0 radical (unpaired) electrons. The number of sulfone groups is 1. The molecular formula is C17H22N4O3S2. The minimum atomic E-state index is -2.87. The number of nitrogens with zero attached hydrogens (tertiary/aromatic N) is 4. The Labute approximate surface area is 157 Å². The van der Waals surface area contributed by atoms with Crippen LogP contribution >= 0.6 is 11.3 Å². The van der Waals surface area contributed by atoms with Gasteiger partial charge in [0.1, 0.15) is 4.88 Å². The molecule has 0 bridgehead atoms. The fraction of sp³-hybridized carbons (Fsp3) is 0.529. The zero-order chi connectivity index (χ0) is 18.3. The van der Waals surface area contributed by atoms with Gasteiger partial charge in [-0.2, -0.15) is 0 Å². The smallest absolute Gasteiger partial charge is 0.266 e. The average molecular weight is 395 g/mol. The lowest BCUT2D eigenvalue weighted by molar-refractivity contribution is 0.0591. The van der Waals surface area contributed by atoms with Crippen LogP contribution in [0.2, 0.25) is 0 Å². The number of carbonyl (C=O) groups excluding carboxylic acids is 1. The van der Waals surface area contributed by atoms with E-state index in [1.165, 1.54) is 11.3 Å². The highest BCUT2D eigenvalue weighted by molar-refractivity contribution is 7.91. The van der Waals surface area contributed by atoms with Gasteiger partial charge in [-0.25, -0.2) is 13.4 Å². The molecule has 0 N–H and O–H groups in total. The molecule has 2 aromatic rings. The molecule has 140 valence electrons. The second-order valence-electron chi connectivity index (χ2n) is 6.89. The second kappa shape index (κ2) is 6.79. The first-order valence-corrected chi connectivity index (χ1v) is 11.4. The molecule has 0 aliphatic carbocycles. The van der Waals surface area contributed by atoms with Crippen LogP contribution in [0.25, 0.3) is 5.13 Å². The van der Waals surface area contributed by atoms with Crippen molar-refractivity contribution in [3.05, 3.63) is 35.1 Å². The van der Waals surface area contributed by atoms with Gasteiger partial charge in [-0.15, -0.1) is 0 Å². The van der Waals surface area contributed by atoms with Crippen LogP contribution in [0.5, 0.6) is 0 Å². The maximum absolute atomic E-state index is 12.9. The van der Waals surface area contributed by atoms with Crippen LogP contribution in [0.3, 0.4) is 0 Å². The van der Waals surface area contributed by atoms with Gasteiger partial charge < -0.3 is 9.47 Å². The molecule has 0 spiro atoms. The number of hydrogen-bond acceptors (Lipinski definition) is 6. The summed E-state index contributed by atoms with van der Waals surface area (Å²) in [7, 11) is -2.87. The van der Waals surface area contributed by atoms with E-state index >= 15 is 0 Å². The van der Waals surface area contributed by atoms with Gasteiger partial charge in [-0.3, -0.25) is 9.69 Å². The Balaban J connectivity index is 1.41. The van der Waals surface area contributed by atoms with E-state index in [4.69, 9.17) is 0 Å². The Morgan fingerprint density at radius 2 is 1.88 bits per heavy atom. The van der Waals surface area contributed by atoms with Gasteiger partial charge in [0.25, 0.3) is 5.91 Å². The highest BCUT2D eigenvalue weighted by Gasteiger charge is 2.34. The zero-order valence-corrected chi connectivity index (χ0v) is 16.3. The van der Waals surface area contributed by atoms with Gasteiger partial charge in [0, 0.05) is 44.6 Å². The summed E-state index contributed by atoms with van der Waals surface area (Å²) < 4.78 is 25.3. The van der Waals surface area contributed by atoms with E-state index in [9.17, 15) is 13.2 Å². The van der Waals surface area contributed by atoms with E-state index in [2.05, 4.69) is 9.88 Å². The predicted molar refractivity (Wildman–Crippen MR) is 101 cm³/mol. The largest absolute Gasteiger partial charge is 0.335 e. The van der Waals surface area contributed by atoms with Crippen molar-refractivity contribution in [3.8, 4) is 5.13 Å². The number of amides is 1. The first kappa shape index (κ1) is 17.7. The standard InChI is InChI=1S/C17H22N4O3S2/c1-13-15(25-17(18-13)21-5-2-3-6-21)16(22)20-9-7-19(8-10-20)14-4-11-26(23,24)12-14/h2-3,5-6,14H,4,7-12H2,1H3. The van der Waals surface area contributed by atoms with Crippen molar-refractivity contribution in [2.24, 2.45) is 0 Å². The Morgan fingerprint density at radius 3 is 2.50 bits per heavy atom. The van der Waals surface area contributed by atoms with Gasteiger partial charge in [-0.05, 0) is 25.5 Å². The van der Waals surface area contributed by atoms with Gasteiger partial charge in [0.15, 0.2) is 15.0 Å². The topological polar surface area (TPSA) is 75.5 Å². The number of hydrogen-bond donors (Lipinski definition) is 0. The number of aromatic nitrogens is 2. The molecule has 4 heterocycles. The van der Waals surface area contributed by atoms with Crippen LogP contribution in [0.4, 0.5) is 0 Å². The normalized spacial score (nSPS) is 23.4. The summed E-state index contributed by atoms with van der Waals surface area (Å²) >= 11 is 1.41. The predicted octanol–water partition coefficient (Wildman–Crippen LogP) is 1.19. The number of carbonyl (C=O) groups is 1. The summed E-state index contributed by atoms with van der Waals surface area (Å²) in [5, 5.41) is 0.797. The summed E-state index contributed by atoms with van der Waals surface area (Å²) in [6, 6.07) is 3.98. The van der Waals surface area contributed by atoms with E-state index in [1.807, 2.05) is 40.9 Å². The van der Waals surface area contributed by atoms with Crippen LogP contribution in [0.15, 0.2) is 24.5 Å². The number of thiazole rings is 1. The number of piperazine rings is 1. The Bertz CT molecular complexity index is 897. The monoisotopic (exact) mass is 394 g/mol. The van der Waals surface area contributed by atoms with E-state index in [0.29, 0.717) is 30.1 Å². The number of rotatable bonds is 3. The molecule has 4 rings (SSSR count). The van der Waals surface area contributed by atoms with Crippen LogP contribution < -0.4 is 0 Å². The molecule has 2 aromatic heterocycles. The lowest BCUT2D eigenvalue weighted by atomic mass is 10.2. The van der Waals surface area contributed by atoms with Crippen molar-refractivity contribution in [3.63, 3.8) is 0 Å². The minimum Gasteiger partial charge on any atom is -0.335 e. The lowest BCUT2D eigenvalue weighted by Gasteiger charge is -2.37. The third-order valence-corrected chi connectivity index (χ3v) is 8.04. The molecule has 26 heavy (non-hydrogen) atoms. The van der Waals surface area contributed by atoms with Crippen LogP contribution in [-0.4, -0.2) is 77.4 Å². The van der Waals surface area contributed by atoms with Gasteiger partial charge >= 0.3 is 0 Å². The zero-order valence-electron chi connectivity index (χ0n) is 14.7. The van der Waals surface area contributed by atoms with Crippen molar-refractivity contribution < 1.29 is 13.2 Å². The van der Waals surface area contributed by atoms with Crippen LogP contribution in [0.1, 0.15) is 21.8 Å². The second-order valence-corrected chi connectivity index (χ2v) is 10.1. The highest BCUT2D eigenvalue weighted by atomic mass is 32.2.